The molecule has 0 radical (unpaired) electrons. The molecule has 0 bridgehead atoms. The quantitative estimate of drug-likeness (QED) is 0.203. The Labute approximate surface area is 131 Å². The molecule has 0 amide bonds. The van der Waals surface area contributed by atoms with Gasteiger partial charge in [0.05, 0.1) is 19.8 Å². The van der Waals surface area contributed by atoms with Crippen molar-refractivity contribution in [3.63, 3.8) is 0 Å². The van der Waals surface area contributed by atoms with Gasteiger partial charge in [-0.1, -0.05) is 0 Å². The van der Waals surface area contributed by atoms with E-state index in [1.54, 1.807) is 0 Å². The van der Waals surface area contributed by atoms with Gasteiger partial charge in [0.25, 0.3) is 0 Å². The number of aliphatic hydroxyl groups is 9. The van der Waals surface area contributed by atoms with E-state index < -0.39 is 74.9 Å². The van der Waals surface area contributed by atoms with Crippen LogP contribution in [0.5, 0.6) is 0 Å². The lowest BCUT2D eigenvalue weighted by Gasteiger charge is -2.42. The van der Waals surface area contributed by atoms with E-state index in [0.717, 1.165) is 0 Å². The number of hydrogen-bond donors (Lipinski definition) is 9. The molecule has 11 nitrogen and oxygen atoms in total. The van der Waals surface area contributed by atoms with E-state index in [1.165, 1.54) is 0 Å². The highest BCUT2D eigenvalue weighted by atomic mass is 16.7. The van der Waals surface area contributed by atoms with Gasteiger partial charge in [-0.05, 0) is 0 Å². The summed E-state index contributed by atoms with van der Waals surface area (Å²) in [4.78, 5) is 0. The zero-order valence-electron chi connectivity index (χ0n) is 12.2. The lowest BCUT2D eigenvalue weighted by Crippen LogP contribution is -2.61. The highest BCUT2D eigenvalue weighted by Crippen LogP contribution is 2.24. The summed E-state index contributed by atoms with van der Waals surface area (Å²) < 4.78 is 10.1. The van der Waals surface area contributed by atoms with E-state index in [1.807, 2.05) is 0 Å². The highest BCUT2D eigenvalue weighted by molar-refractivity contribution is 4.91. The minimum Gasteiger partial charge on any atom is -0.394 e. The van der Waals surface area contributed by atoms with Crippen LogP contribution in [0, 0.1) is 0 Å². The van der Waals surface area contributed by atoms with Gasteiger partial charge in [0.2, 0.25) is 0 Å². The second-order valence-corrected chi connectivity index (χ2v) is 5.29. The van der Waals surface area contributed by atoms with Crippen LogP contribution >= 0.6 is 0 Å². The molecule has 1 heterocycles. The van der Waals surface area contributed by atoms with Crippen molar-refractivity contribution < 1.29 is 55.4 Å². The van der Waals surface area contributed by atoms with E-state index in [0.29, 0.717) is 0 Å². The zero-order chi connectivity index (χ0) is 17.7. The number of rotatable bonds is 8. The van der Waals surface area contributed by atoms with E-state index in [9.17, 15) is 30.6 Å². The Morgan fingerprint density at radius 2 is 1.39 bits per heavy atom. The van der Waals surface area contributed by atoms with Gasteiger partial charge in [-0.25, -0.2) is 0 Å². The second kappa shape index (κ2) is 9.15. The summed E-state index contributed by atoms with van der Waals surface area (Å²) in [6.07, 6.45) is -15.1. The van der Waals surface area contributed by atoms with Gasteiger partial charge in [-0.15, -0.1) is 0 Å². The number of hydrogen-bond acceptors (Lipinski definition) is 11. The molecule has 1 aliphatic rings. The van der Waals surface area contributed by atoms with E-state index in [2.05, 4.69) is 0 Å². The van der Waals surface area contributed by atoms with Gasteiger partial charge < -0.3 is 55.4 Å². The van der Waals surface area contributed by atoms with Crippen LogP contribution in [0.3, 0.4) is 0 Å². The Morgan fingerprint density at radius 1 is 0.826 bits per heavy atom. The maximum Gasteiger partial charge on any atom is 0.187 e. The van der Waals surface area contributed by atoms with Crippen molar-refractivity contribution in [1.29, 1.82) is 0 Å². The lowest BCUT2D eigenvalue weighted by molar-refractivity contribution is -0.327. The Hall–Kier alpha value is -0.440. The summed E-state index contributed by atoms with van der Waals surface area (Å²) in [5, 5.41) is 84.9. The molecule has 0 aromatic rings. The van der Waals surface area contributed by atoms with Gasteiger partial charge in [-0.3, -0.25) is 0 Å². The van der Waals surface area contributed by atoms with Crippen molar-refractivity contribution in [2.45, 2.75) is 55.1 Å². The molecule has 0 saturated carbocycles. The molecular weight excluding hydrogens is 320 g/mol. The SMILES string of the molecule is OC[C@@H](O)[C@@H](O)[C@@H](O[C@@H]1O[C@@H](CO)[C@@H](O)[C@H](O)[C@@H]1O)[C@H](O)CO. The molecule has 138 valence electrons. The van der Waals surface area contributed by atoms with Crippen LogP contribution in [-0.2, 0) is 9.47 Å². The zero-order valence-corrected chi connectivity index (χ0v) is 12.2. The second-order valence-electron chi connectivity index (χ2n) is 5.29. The van der Waals surface area contributed by atoms with E-state index >= 15 is 0 Å². The maximum atomic E-state index is 9.83. The molecule has 1 rings (SSSR count). The molecule has 1 fully saturated rings. The fourth-order valence-corrected chi connectivity index (χ4v) is 2.16. The highest BCUT2D eigenvalue weighted by Gasteiger charge is 2.46. The fourth-order valence-electron chi connectivity index (χ4n) is 2.16. The van der Waals surface area contributed by atoms with Crippen molar-refractivity contribution >= 4 is 0 Å². The predicted octanol–water partition coefficient (Wildman–Crippen LogP) is -5.76. The first-order chi connectivity index (χ1) is 10.8. The third kappa shape index (κ3) is 4.78. The largest absolute Gasteiger partial charge is 0.394 e. The monoisotopic (exact) mass is 344 g/mol. The molecule has 9 N–H and O–H groups in total. The maximum absolute atomic E-state index is 9.83. The third-order valence-corrected chi connectivity index (χ3v) is 3.62. The van der Waals surface area contributed by atoms with Crippen molar-refractivity contribution in [2.24, 2.45) is 0 Å². The fraction of sp³-hybridized carbons (Fsp3) is 1.00. The van der Waals surface area contributed by atoms with Crippen LogP contribution in [0.1, 0.15) is 0 Å². The van der Waals surface area contributed by atoms with Crippen LogP contribution in [0.2, 0.25) is 0 Å². The Balaban J connectivity index is 2.89. The molecule has 0 aromatic carbocycles. The van der Waals surface area contributed by atoms with Crippen molar-refractivity contribution in [1.82, 2.24) is 0 Å². The minimum absolute atomic E-state index is 0.708. The smallest absolute Gasteiger partial charge is 0.187 e. The first-order valence-corrected chi connectivity index (χ1v) is 7.00. The van der Waals surface area contributed by atoms with Crippen LogP contribution in [0.15, 0.2) is 0 Å². The first kappa shape index (κ1) is 20.6. The lowest BCUT2D eigenvalue weighted by atomic mass is 9.98. The number of aliphatic hydroxyl groups excluding tert-OH is 9. The molecule has 0 spiro atoms. The summed E-state index contributed by atoms with van der Waals surface area (Å²) in [7, 11) is 0. The van der Waals surface area contributed by atoms with Crippen LogP contribution in [-0.4, -0.2) is 121 Å². The van der Waals surface area contributed by atoms with Crippen molar-refractivity contribution in [2.75, 3.05) is 19.8 Å². The molecule has 1 saturated heterocycles. The summed E-state index contributed by atoms with van der Waals surface area (Å²) in [5.74, 6) is 0. The van der Waals surface area contributed by atoms with Gasteiger partial charge in [0, 0.05) is 0 Å². The standard InChI is InChI=1S/C12H24O11/c13-1-4(16)7(18)11(5(17)2-14)23-12-10(21)9(20)8(19)6(3-15)22-12/h4-21H,1-3H2/t4-,5-,6+,7-,8-,9+,10+,11+,12+/m1/s1. The van der Waals surface area contributed by atoms with Crippen molar-refractivity contribution in [3.8, 4) is 0 Å². The van der Waals surface area contributed by atoms with Crippen LogP contribution in [0.4, 0.5) is 0 Å². The van der Waals surface area contributed by atoms with Gasteiger partial charge in [0.15, 0.2) is 6.29 Å². The van der Waals surface area contributed by atoms with Gasteiger partial charge in [-0.2, -0.15) is 0 Å². The molecule has 1 aliphatic heterocycles. The van der Waals surface area contributed by atoms with Crippen LogP contribution < -0.4 is 0 Å². The molecule has 11 heteroatoms. The van der Waals surface area contributed by atoms with Gasteiger partial charge >= 0.3 is 0 Å². The van der Waals surface area contributed by atoms with E-state index in [-0.39, 0.29) is 0 Å². The summed E-state index contributed by atoms with van der Waals surface area (Å²) >= 11 is 0. The Bertz CT molecular complexity index is 341. The normalized spacial score (nSPS) is 37.2. The molecule has 0 aromatic heterocycles. The molecule has 9 atom stereocenters. The molecule has 0 unspecified atom stereocenters. The van der Waals surface area contributed by atoms with Crippen LogP contribution in [0.25, 0.3) is 0 Å². The minimum atomic E-state index is -1.85. The average Bonchev–Trinajstić information content (AvgIpc) is 2.57. The van der Waals surface area contributed by atoms with Crippen molar-refractivity contribution in [3.05, 3.63) is 0 Å². The summed E-state index contributed by atoms with van der Waals surface area (Å²) in [5.41, 5.74) is 0. The summed E-state index contributed by atoms with van der Waals surface area (Å²) in [6.45, 7) is -2.45. The average molecular weight is 344 g/mol. The van der Waals surface area contributed by atoms with E-state index in [4.69, 9.17) is 24.8 Å². The number of ether oxygens (including phenoxy) is 2. The summed E-state index contributed by atoms with van der Waals surface area (Å²) in [6, 6.07) is 0. The molecule has 0 aliphatic carbocycles. The van der Waals surface area contributed by atoms with Gasteiger partial charge in [0.1, 0.15) is 48.8 Å². The molecule has 23 heavy (non-hydrogen) atoms. The third-order valence-electron chi connectivity index (χ3n) is 3.62. The molecular formula is C12H24O11. The Kier molecular flexibility index (Phi) is 8.20. The predicted molar refractivity (Wildman–Crippen MR) is 70.8 cm³/mol. The first-order valence-electron chi connectivity index (χ1n) is 7.00. The Morgan fingerprint density at radius 3 is 1.87 bits per heavy atom. The topological polar surface area (TPSA) is 201 Å².